The van der Waals surface area contributed by atoms with Gasteiger partial charge in [0, 0.05) is 18.8 Å². The summed E-state index contributed by atoms with van der Waals surface area (Å²) in [5.74, 6) is 0. The molecule has 2 heterocycles. The summed E-state index contributed by atoms with van der Waals surface area (Å²) in [4.78, 5) is 21.1. The second kappa shape index (κ2) is 6.14. The highest BCUT2D eigenvalue weighted by Crippen LogP contribution is 2.29. The van der Waals surface area contributed by atoms with Gasteiger partial charge >= 0.3 is 5.69 Å². The summed E-state index contributed by atoms with van der Waals surface area (Å²) < 4.78 is 0. The van der Waals surface area contributed by atoms with Crippen molar-refractivity contribution >= 4 is 28.3 Å². The molecule has 0 aliphatic heterocycles. The molecular weight excluding hydrogens is 312 g/mol. The lowest BCUT2D eigenvalue weighted by atomic mass is 10.0. The fourth-order valence-corrected chi connectivity index (χ4v) is 2.64. The molecule has 1 aromatic carbocycles. The van der Waals surface area contributed by atoms with E-state index in [-0.39, 0.29) is 5.69 Å². The minimum Gasteiger partial charge on any atom is -0.393 e. The van der Waals surface area contributed by atoms with Crippen molar-refractivity contribution < 1.29 is 0 Å². The van der Waals surface area contributed by atoms with Gasteiger partial charge in [-0.2, -0.15) is 0 Å². The SMILES string of the molecule is C=C/C(=C\NC)c1ccc(-c2nc3[nH]c(=O)[nH]c3cc2Cl)cc1. The van der Waals surface area contributed by atoms with Crippen molar-refractivity contribution in [3.63, 3.8) is 0 Å². The number of H-pyrrole nitrogens is 2. The average Bonchev–Trinajstić information content (AvgIpc) is 2.91. The van der Waals surface area contributed by atoms with Crippen molar-refractivity contribution in [3.8, 4) is 11.3 Å². The third-order valence-corrected chi connectivity index (χ3v) is 3.76. The number of fused-ring (bicyclic) bond motifs is 1. The number of nitrogens with zero attached hydrogens (tertiary/aromatic N) is 1. The van der Waals surface area contributed by atoms with Gasteiger partial charge in [0.15, 0.2) is 5.65 Å². The highest BCUT2D eigenvalue weighted by molar-refractivity contribution is 6.33. The fraction of sp³-hybridized carbons (Fsp3) is 0.0588. The molecule has 0 aliphatic carbocycles. The molecule has 3 rings (SSSR count). The number of halogens is 1. The second-order valence-corrected chi connectivity index (χ2v) is 5.37. The van der Waals surface area contributed by atoms with Gasteiger partial charge in [0.2, 0.25) is 0 Å². The zero-order chi connectivity index (χ0) is 16.4. The van der Waals surface area contributed by atoms with E-state index in [0.29, 0.717) is 21.9 Å². The molecule has 0 radical (unpaired) electrons. The van der Waals surface area contributed by atoms with Gasteiger partial charge in [-0.25, -0.2) is 9.78 Å². The van der Waals surface area contributed by atoms with Crippen LogP contribution in [0.4, 0.5) is 0 Å². The lowest BCUT2D eigenvalue weighted by Gasteiger charge is -2.07. The van der Waals surface area contributed by atoms with E-state index in [1.807, 2.05) is 37.5 Å². The van der Waals surface area contributed by atoms with Crippen LogP contribution in [0, 0.1) is 0 Å². The van der Waals surface area contributed by atoms with Crippen LogP contribution < -0.4 is 11.0 Å². The molecule has 0 saturated carbocycles. The van der Waals surface area contributed by atoms with E-state index >= 15 is 0 Å². The highest BCUT2D eigenvalue weighted by atomic mass is 35.5. The molecule has 0 amide bonds. The van der Waals surface area contributed by atoms with E-state index < -0.39 is 0 Å². The number of aromatic nitrogens is 3. The van der Waals surface area contributed by atoms with Gasteiger partial charge in [0.25, 0.3) is 0 Å². The quantitative estimate of drug-likeness (QED) is 0.644. The maximum atomic E-state index is 11.3. The smallest absolute Gasteiger partial charge is 0.325 e. The van der Waals surface area contributed by atoms with Crippen LogP contribution in [0.3, 0.4) is 0 Å². The molecule has 0 fully saturated rings. The van der Waals surface area contributed by atoms with Gasteiger partial charge in [0.05, 0.1) is 16.2 Å². The normalized spacial score (nSPS) is 11.7. The first-order chi connectivity index (χ1) is 11.1. The van der Waals surface area contributed by atoms with Gasteiger partial charge in [-0.05, 0) is 17.2 Å². The van der Waals surface area contributed by atoms with Gasteiger partial charge in [-0.15, -0.1) is 0 Å². The lowest BCUT2D eigenvalue weighted by molar-refractivity contribution is 1.11. The largest absolute Gasteiger partial charge is 0.393 e. The number of hydrogen-bond donors (Lipinski definition) is 3. The third-order valence-electron chi connectivity index (χ3n) is 3.47. The minimum atomic E-state index is -0.302. The zero-order valence-corrected chi connectivity index (χ0v) is 13.2. The Balaban J connectivity index is 2.05. The van der Waals surface area contributed by atoms with E-state index in [9.17, 15) is 4.79 Å². The van der Waals surface area contributed by atoms with E-state index in [1.54, 1.807) is 12.1 Å². The van der Waals surface area contributed by atoms with Crippen LogP contribution >= 0.6 is 11.6 Å². The first-order valence-electron chi connectivity index (χ1n) is 7.01. The van der Waals surface area contributed by atoms with E-state index in [0.717, 1.165) is 16.7 Å². The highest BCUT2D eigenvalue weighted by Gasteiger charge is 2.10. The summed E-state index contributed by atoms with van der Waals surface area (Å²) in [5.41, 5.74) is 4.29. The number of imidazole rings is 1. The number of pyridine rings is 1. The van der Waals surface area contributed by atoms with Crippen LogP contribution in [0.2, 0.25) is 5.02 Å². The van der Waals surface area contributed by atoms with E-state index in [4.69, 9.17) is 11.6 Å². The molecule has 6 heteroatoms. The molecular formula is C17H15ClN4O. The molecule has 116 valence electrons. The van der Waals surface area contributed by atoms with Crippen molar-refractivity contribution in [2.75, 3.05) is 7.05 Å². The van der Waals surface area contributed by atoms with Crippen molar-refractivity contribution in [2.24, 2.45) is 0 Å². The van der Waals surface area contributed by atoms with Crippen molar-refractivity contribution in [2.45, 2.75) is 0 Å². The summed E-state index contributed by atoms with van der Waals surface area (Å²) in [6.45, 7) is 3.81. The van der Waals surface area contributed by atoms with Gasteiger partial charge in [0.1, 0.15) is 0 Å². The number of nitrogens with one attached hydrogen (secondary N) is 3. The van der Waals surface area contributed by atoms with Crippen molar-refractivity contribution in [1.29, 1.82) is 0 Å². The summed E-state index contributed by atoms with van der Waals surface area (Å²) >= 11 is 6.29. The first kappa shape index (κ1) is 15.1. The first-order valence-corrected chi connectivity index (χ1v) is 7.39. The molecule has 0 bridgehead atoms. The standard InChI is InChI=1S/C17H15ClN4O/c1-3-10(9-19-2)11-4-6-12(7-5-11)15-13(18)8-14-16(21-15)22-17(23)20-14/h3-9,19H,1H2,2H3,(H2,20,21,22,23)/b10-9+. The summed E-state index contributed by atoms with van der Waals surface area (Å²) in [6, 6.07) is 9.52. The van der Waals surface area contributed by atoms with Crippen LogP contribution in [-0.4, -0.2) is 22.0 Å². The second-order valence-electron chi connectivity index (χ2n) is 4.96. The summed E-state index contributed by atoms with van der Waals surface area (Å²) in [5, 5.41) is 3.47. The van der Waals surface area contributed by atoms with Gasteiger partial charge < -0.3 is 10.3 Å². The average molecular weight is 327 g/mol. The van der Waals surface area contributed by atoms with Gasteiger partial charge in [-0.1, -0.05) is 48.5 Å². The number of benzene rings is 1. The predicted octanol–water partition coefficient (Wildman–Crippen LogP) is 3.32. The Labute approximate surface area is 137 Å². The summed E-state index contributed by atoms with van der Waals surface area (Å²) in [6.07, 6.45) is 3.66. The monoisotopic (exact) mass is 326 g/mol. The Bertz CT molecular complexity index is 951. The number of rotatable bonds is 4. The molecule has 0 aliphatic rings. The molecule has 3 aromatic rings. The third kappa shape index (κ3) is 2.91. The molecule has 23 heavy (non-hydrogen) atoms. The molecule has 2 aromatic heterocycles. The molecule has 0 saturated heterocycles. The van der Waals surface area contributed by atoms with Crippen LogP contribution in [0.1, 0.15) is 5.56 Å². The van der Waals surface area contributed by atoms with Crippen LogP contribution in [0.5, 0.6) is 0 Å². The van der Waals surface area contributed by atoms with Crippen LogP contribution in [0.25, 0.3) is 28.0 Å². The Morgan fingerprint density at radius 1 is 1.30 bits per heavy atom. The van der Waals surface area contributed by atoms with Crippen LogP contribution in [0.15, 0.2) is 54.0 Å². The fourth-order valence-electron chi connectivity index (χ4n) is 2.38. The van der Waals surface area contributed by atoms with E-state index in [2.05, 4.69) is 26.8 Å². The topological polar surface area (TPSA) is 73.6 Å². The number of aromatic amines is 2. The van der Waals surface area contributed by atoms with Gasteiger partial charge in [-0.3, -0.25) is 4.98 Å². The minimum absolute atomic E-state index is 0.302. The molecule has 3 N–H and O–H groups in total. The summed E-state index contributed by atoms with van der Waals surface area (Å²) in [7, 11) is 1.84. The zero-order valence-electron chi connectivity index (χ0n) is 12.5. The van der Waals surface area contributed by atoms with Crippen LogP contribution in [-0.2, 0) is 0 Å². The van der Waals surface area contributed by atoms with Crippen molar-refractivity contribution in [3.05, 3.63) is 70.3 Å². The predicted molar refractivity (Wildman–Crippen MR) is 94.4 cm³/mol. The van der Waals surface area contributed by atoms with Crippen molar-refractivity contribution in [1.82, 2.24) is 20.3 Å². The molecule has 0 spiro atoms. The number of hydrogen-bond acceptors (Lipinski definition) is 3. The Morgan fingerprint density at radius 2 is 2.04 bits per heavy atom. The Hall–Kier alpha value is -2.79. The molecule has 0 atom stereocenters. The maximum Gasteiger partial charge on any atom is 0.325 e. The Morgan fingerprint density at radius 3 is 2.70 bits per heavy atom. The number of allylic oxidation sites excluding steroid dienone is 2. The lowest BCUT2D eigenvalue weighted by Crippen LogP contribution is -1.99. The maximum absolute atomic E-state index is 11.3. The molecule has 5 nitrogen and oxygen atoms in total. The Kier molecular flexibility index (Phi) is 4.04. The molecule has 0 unspecified atom stereocenters. The van der Waals surface area contributed by atoms with E-state index in [1.165, 1.54) is 0 Å².